The van der Waals surface area contributed by atoms with Crippen molar-refractivity contribution in [3.8, 4) is 0 Å². The Hall–Kier alpha value is -2.51. The molecule has 5 aromatic carbocycles. The predicted molar refractivity (Wildman–Crippen MR) is 219 cm³/mol. The molecule has 0 fully saturated rings. The van der Waals surface area contributed by atoms with Crippen LogP contribution in [-0.2, 0) is 33.1 Å². The summed E-state index contributed by atoms with van der Waals surface area (Å²) in [6.07, 6.45) is 10.3. The Labute approximate surface area is 344 Å². The van der Waals surface area contributed by atoms with Crippen LogP contribution < -0.4 is 24.8 Å². The Bertz CT molecular complexity index is 2140. The van der Waals surface area contributed by atoms with Crippen LogP contribution in [0.1, 0.15) is 95.7 Å². The zero-order valence-corrected chi connectivity index (χ0v) is 37.0. The summed E-state index contributed by atoms with van der Waals surface area (Å²) in [5, 5.41) is 7.14. The molecule has 0 aliphatic heterocycles. The van der Waals surface area contributed by atoms with Crippen LogP contribution in [0, 0.1) is 12.0 Å². The number of fused-ring (bicyclic) bond motifs is 5. The summed E-state index contributed by atoms with van der Waals surface area (Å²) in [4.78, 5) is 0. The summed E-state index contributed by atoms with van der Waals surface area (Å²) in [6.45, 7) is 20.2. The van der Waals surface area contributed by atoms with Crippen molar-refractivity contribution in [1.29, 1.82) is 0 Å². The molecule has 0 radical (unpaired) electrons. The molecule has 0 spiro atoms. The molecule has 0 saturated heterocycles. The van der Waals surface area contributed by atoms with Crippen LogP contribution in [0.15, 0.2) is 108 Å². The minimum absolute atomic E-state index is 0. The molecule has 0 N–H and O–H groups in total. The van der Waals surface area contributed by atoms with Gasteiger partial charge in [0.05, 0.1) is 0 Å². The minimum atomic E-state index is -0.623. The number of allylic oxidation sites excluding steroid dienone is 8. The maximum atomic E-state index is 5.84. The number of hydrogen-bond donors (Lipinski definition) is 0. The average Bonchev–Trinajstić information content (AvgIpc) is 3.71. The van der Waals surface area contributed by atoms with Crippen molar-refractivity contribution in [2.24, 2.45) is 5.92 Å². The fourth-order valence-electron chi connectivity index (χ4n) is 7.57. The molecule has 0 amide bonds. The molecule has 52 heavy (non-hydrogen) atoms. The molecular formula is C47H46Cl4Zr-4. The van der Waals surface area contributed by atoms with Gasteiger partial charge in [-0.25, -0.2) is 11.1 Å². The van der Waals surface area contributed by atoms with E-state index in [9.17, 15) is 0 Å². The van der Waals surface area contributed by atoms with E-state index < -0.39 is 22.3 Å². The first-order valence-corrected chi connectivity index (χ1v) is 21.0. The third kappa shape index (κ3) is 9.22. The van der Waals surface area contributed by atoms with Gasteiger partial charge in [0.25, 0.3) is 0 Å². The van der Waals surface area contributed by atoms with Gasteiger partial charge in [-0.1, -0.05) is 82.9 Å². The van der Waals surface area contributed by atoms with Crippen molar-refractivity contribution in [1.82, 2.24) is 0 Å². The summed E-state index contributed by atoms with van der Waals surface area (Å²) >= 11 is 11.0. The molecule has 0 bridgehead atoms. The SMILES string of the molecule is CC1=CC(C)(C)c2cc3[cH-]c4cc5c(cc4c3cc21)C(C)=CC5(C)C.CC1=[C-]C(C)C=C1C.Clc1ccc([CH]=[Zr]=[CH]c2ccc(Cl)cc2)cc1.[Cl-].[Cl-]. The van der Waals surface area contributed by atoms with Crippen LogP contribution >= 0.6 is 23.2 Å². The Morgan fingerprint density at radius 2 is 1.04 bits per heavy atom. The molecule has 0 heterocycles. The average molecular weight is 844 g/mol. The Kier molecular flexibility index (Phi) is 13.7. The molecule has 3 aliphatic carbocycles. The minimum Gasteiger partial charge on any atom is -1.00 e. The van der Waals surface area contributed by atoms with Gasteiger partial charge in [-0.2, -0.15) is 6.08 Å². The van der Waals surface area contributed by atoms with Gasteiger partial charge in [0.15, 0.2) is 0 Å². The van der Waals surface area contributed by atoms with Crippen LogP contribution in [0.5, 0.6) is 0 Å². The van der Waals surface area contributed by atoms with Crippen LogP contribution in [0.4, 0.5) is 0 Å². The van der Waals surface area contributed by atoms with Gasteiger partial charge >= 0.3 is 123 Å². The van der Waals surface area contributed by atoms with Crippen LogP contribution in [0.2, 0.25) is 10.0 Å². The third-order valence-corrected chi connectivity index (χ3v) is 13.1. The molecule has 5 aromatic rings. The second-order valence-electron chi connectivity index (χ2n) is 15.2. The van der Waals surface area contributed by atoms with E-state index in [0.29, 0.717) is 5.92 Å². The largest absolute Gasteiger partial charge is 1.00 e. The molecule has 5 heteroatoms. The van der Waals surface area contributed by atoms with Gasteiger partial charge in [0.1, 0.15) is 0 Å². The van der Waals surface area contributed by atoms with Crippen molar-refractivity contribution < 1.29 is 47.1 Å². The van der Waals surface area contributed by atoms with E-state index in [-0.39, 0.29) is 35.6 Å². The molecule has 0 saturated carbocycles. The summed E-state index contributed by atoms with van der Waals surface area (Å²) in [7, 11) is 0. The normalized spacial score (nSPS) is 16.9. The topological polar surface area (TPSA) is 0 Å². The van der Waals surface area contributed by atoms with Crippen LogP contribution in [0.25, 0.3) is 32.7 Å². The zero-order valence-electron chi connectivity index (χ0n) is 31.5. The van der Waals surface area contributed by atoms with Gasteiger partial charge in [0, 0.05) is 10.8 Å². The van der Waals surface area contributed by atoms with Crippen molar-refractivity contribution in [3.05, 3.63) is 158 Å². The first kappa shape index (κ1) is 42.2. The quantitative estimate of drug-likeness (QED) is 0.162. The molecule has 0 aromatic heterocycles. The molecule has 270 valence electrons. The molecule has 1 atom stereocenters. The first-order valence-electron chi connectivity index (χ1n) is 17.5. The number of benzene rings is 4. The van der Waals surface area contributed by atoms with E-state index in [1.807, 2.05) is 24.3 Å². The number of hydrogen-bond acceptors (Lipinski definition) is 0. The number of rotatable bonds is 2. The Balaban J connectivity index is 0.000000195. The van der Waals surface area contributed by atoms with E-state index in [4.69, 9.17) is 23.2 Å². The van der Waals surface area contributed by atoms with Gasteiger partial charge in [-0.15, -0.1) is 46.7 Å². The summed E-state index contributed by atoms with van der Waals surface area (Å²) in [5.41, 5.74) is 14.1. The van der Waals surface area contributed by atoms with Crippen LogP contribution in [0.3, 0.4) is 0 Å². The maximum Gasteiger partial charge on any atom is -1.00 e. The van der Waals surface area contributed by atoms with Crippen molar-refractivity contribution in [2.75, 3.05) is 0 Å². The maximum absolute atomic E-state index is 5.84. The van der Waals surface area contributed by atoms with E-state index in [0.717, 1.165) is 10.0 Å². The van der Waals surface area contributed by atoms with Crippen molar-refractivity contribution >= 4 is 63.3 Å². The van der Waals surface area contributed by atoms with Crippen LogP contribution in [-0.4, -0.2) is 7.42 Å². The van der Waals surface area contributed by atoms with Crippen molar-refractivity contribution in [3.63, 3.8) is 0 Å². The molecule has 8 rings (SSSR count). The van der Waals surface area contributed by atoms with Gasteiger partial charge in [-0.05, 0) is 36.1 Å². The summed E-state index contributed by atoms with van der Waals surface area (Å²) in [6, 6.07) is 28.0. The molecule has 0 nitrogen and oxygen atoms in total. The third-order valence-electron chi connectivity index (χ3n) is 10.1. The monoisotopic (exact) mass is 840 g/mol. The Morgan fingerprint density at radius 1 is 0.635 bits per heavy atom. The van der Waals surface area contributed by atoms with E-state index >= 15 is 0 Å². The van der Waals surface area contributed by atoms with Crippen molar-refractivity contribution in [2.45, 2.75) is 73.1 Å². The van der Waals surface area contributed by atoms with E-state index in [2.05, 4.69) is 149 Å². The molecule has 1 unspecified atom stereocenters. The van der Waals surface area contributed by atoms with Gasteiger partial charge < -0.3 is 24.8 Å². The smallest absolute Gasteiger partial charge is 1.00 e. The standard InChI is InChI=1S/C25H25.C8H11.2C7H5Cl.2ClH.Zr/c1-14-12-24(3,4)22-8-16-7-17-9-23-19(15(2)13-25(23,5)6)11-21(17)20(16)10-18(14)22;1-6-4-7(2)8(3)5-6;2*1-6-2-4-7(8)5-3-6;;;/h7-13H,1-6H3;4,6H,1-3H3;2*1-5H;2*1H;/q2*-1;;;;;/p-2. The van der Waals surface area contributed by atoms with Gasteiger partial charge in [-0.3, -0.25) is 6.08 Å². The first-order chi connectivity index (χ1) is 23.6. The fourth-order valence-corrected chi connectivity index (χ4v) is 9.92. The molecule has 3 aliphatic rings. The molecular weight excluding hydrogens is 798 g/mol. The van der Waals surface area contributed by atoms with Gasteiger partial charge in [0.2, 0.25) is 0 Å². The zero-order chi connectivity index (χ0) is 36.0. The predicted octanol–water partition coefficient (Wildman–Crippen LogP) is 7.52. The number of halogens is 4. The fraction of sp³-hybridized carbons (Fsp3) is 0.255. The van der Waals surface area contributed by atoms with E-state index in [1.165, 1.54) is 77.2 Å². The second-order valence-corrected chi connectivity index (χ2v) is 18.3. The Morgan fingerprint density at radius 3 is 1.37 bits per heavy atom. The summed E-state index contributed by atoms with van der Waals surface area (Å²) < 4.78 is 4.66. The van der Waals surface area contributed by atoms with E-state index in [1.54, 1.807) is 0 Å². The second kappa shape index (κ2) is 16.9. The summed E-state index contributed by atoms with van der Waals surface area (Å²) in [5.74, 6) is 0.551.